The van der Waals surface area contributed by atoms with Crippen LogP contribution in [0, 0.1) is 0 Å². The number of fused-ring (bicyclic) bond motifs is 1. The van der Waals surface area contributed by atoms with Gasteiger partial charge in [0.05, 0.1) is 0 Å². The summed E-state index contributed by atoms with van der Waals surface area (Å²) in [5.41, 5.74) is 9.10. The molecule has 7 aromatic rings. The zero-order valence-corrected chi connectivity index (χ0v) is 22.3. The highest BCUT2D eigenvalue weighted by Crippen LogP contribution is 2.39. The van der Waals surface area contributed by atoms with Crippen LogP contribution in [0.5, 0.6) is 0 Å². The highest BCUT2D eigenvalue weighted by atomic mass is 16.3. The molecule has 0 N–H and O–H groups in total. The molecule has 0 aliphatic heterocycles. The van der Waals surface area contributed by atoms with Gasteiger partial charge in [-0.2, -0.15) is 0 Å². The summed E-state index contributed by atoms with van der Waals surface area (Å²) >= 11 is 0. The number of nitrogens with zero attached hydrogens (tertiary/aromatic N) is 3. The molecule has 0 unspecified atom stereocenters. The molecule has 0 aliphatic rings. The molecule has 0 saturated carbocycles. The first-order valence-corrected chi connectivity index (χ1v) is 13.6. The zero-order valence-electron chi connectivity index (χ0n) is 22.3. The smallest absolute Gasteiger partial charge is 0.227 e. The van der Waals surface area contributed by atoms with Gasteiger partial charge in [-0.3, -0.25) is 0 Å². The summed E-state index contributed by atoms with van der Waals surface area (Å²) in [4.78, 5) is 9.19. The lowest BCUT2D eigenvalue weighted by Gasteiger charge is -2.28. The number of anilines is 6. The van der Waals surface area contributed by atoms with E-state index in [1.807, 2.05) is 42.5 Å². The summed E-state index contributed by atoms with van der Waals surface area (Å²) in [6, 6.07) is 56.3. The van der Waals surface area contributed by atoms with Crippen LogP contribution in [0.4, 0.5) is 34.1 Å². The molecule has 0 amide bonds. The van der Waals surface area contributed by atoms with E-state index in [1.54, 1.807) is 0 Å². The maximum atomic E-state index is 6.00. The van der Waals surface area contributed by atoms with E-state index in [0.717, 1.165) is 50.8 Å². The predicted octanol–water partition coefficient (Wildman–Crippen LogP) is 10.4. The first-order chi connectivity index (χ1) is 20.3. The van der Waals surface area contributed by atoms with E-state index in [-0.39, 0.29) is 0 Å². The van der Waals surface area contributed by atoms with Crippen molar-refractivity contribution in [1.29, 1.82) is 0 Å². The first-order valence-electron chi connectivity index (χ1n) is 13.6. The molecule has 1 heterocycles. The average Bonchev–Trinajstić information content (AvgIpc) is 3.49. The number of oxazole rings is 1. The van der Waals surface area contributed by atoms with Crippen molar-refractivity contribution in [3.8, 4) is 11.5 Å². The lowest BCUT2D eigenvalue weighted by Crippen LogP contribution is -2.12. The molecular weight excluding hydrogens is 502 g/mol. The van der Waals surface area contributed by atoms with Gasteiger partial charge in [-0.05, 0) is 97.1 Å². The molecule has 0 atom stereocenters. The van der Waals surface area contributed by atoms with Crippen LogP contribution in [-0.4, -0.2) is 4.98 Å². The molecule has 0 bridgehead atoms. The standard InChI is InChI=1S/C37H27N3O/c1-4-12-29(13-5-1)39(30-14-6-2-7-15-30)33-24-26-34(27-25-33)40(31-16-8-3-9-17-31)32-22-20-28(21-23-32)37-38-35-18-10-11-19-36(35)41-37/h1-27H. The third kappa shape index (κ3) is 4.95. The van der Waals surface area contributed by atoms with E-state index in [4.69, 9.17) is 4.42 Å². The van der Waals surface area contributed by atoms with Crippen molar-refractivity contribution in [2.45, 2.75) is 0 Å². The van der Waals surface area contributed by atoms with Gasteiger partial charge in [-0.15, -0.1) is 0 Å². The number of para-hydroxylation sites is 5. The highest BCUT2D eigenvalue weighted by molar-refractivity contribution is 5.82. The summed E-state index contributed by atoms with van der Waals surface area (Å²) in [5.74, 6) is 0.621. The van der Waals surface area contributed by atoms with Gasteiger partial charge in [0, 0.05) is 39.7 Å². The number of rotatable bonds is 7. The molecule has 6 aromatic carbocycles. The number of hydrogen-bond donors (Lipinski definition) is 0. The molecule has 1 aromatic heterocycles. The van der Waals surface area contributed by atoms with Gasteiger partial charge in [0.15, 0.2) is 5.58 Å². The van der Waals surface area contributed by atoms with Crippen LogP contribution < -0.4 is 9.80 Å². The maximum Gasteiger partial charge on any atom is 0.227 e. The van der Waals surface area contributed by atoms with E-state index in [2.05, 4.69) is 136 Å². The van der Waals surface area contributed by atoms with Crippen LogP contribution in [0.15, 0.2) is 168 Å². The lowest BCUT2D eigenvalue weighted by molar-refractivity contribution is 0.620. The molecular formula is C37H27N3O. The minimum Gasteiger partial charge on any atom is -0.436 e. The van der Waals surface area contributed by atoms with Gasteiger partial charge in [0.25, 0.3) is 0 Å². The van der Waals surface area contributed by atoms with Crippen molar-refractivity contribution in [3.63, 3.8) is 0 Å². The van der Waals surface area contributed by atoms with E-state index in [9.17, 15) is 0 Å². The Kier molecular flexibility index (Phi) is 6.48. The summed E-state index contributed by atoms with van der Waals surface area (Å²) in [6.07, 6.45) is 0. The van der Waals surface area contributed by atoms with Gasteiger partial charge >= 0.3 is 0 Å². The Bertz CT molecular complexity index is 1790. The topological polar surface area (TPSA) is 32.5 Å². The Balaban J connectivity index is 1.25. The largest absolute Gasteiger partial charge is 0.436 e. The molecule has 0 saturated heterocycles. The Labute approximate surface area is 239 Å². The second kappa shape index (κ2) is 10.9. The Morgan fingerprint density at radius 2 is 0.732 bits per heavy atom. The molecule has 0 fully saturated rings. The molecule has 4 nitrogen and oxygen atoms in total. The van der Waals surface area contributed by atoms with Crippen molar-refractivity contribution in [1.82, 2.24) is 4.98 Å². The maximum absolute atomic E-state index is 6.00. The summed E-state index contributed by atoms with van der Waals surface area (Å²) in [6.45, 7) is 0. The van der Waals surface area contributed by atoms with Crippen molar-refractivity contribution < 1.29 is 4.42 Å². The monoisotopic (exact) mass is 529 g/mol. The van der Waals surface area contributed by atoms with Crippen LogP contribution in [0.25, 0.3) is 22.6 Å². The lowest BCUT2D eigenvalue weighted by atomic mass is 10.1. The average molecular weight is 530 g/mol. The fourth-order valence-corrected chi connectivity index (χ4v) is 5.13. The van der Waals surface area contributed by atoms with Gasteiger partial charge in [-0.25, -0.2) is 4.98 Å². The quantitative estimate of drug-likeness (QED) is 0.206. The molecule has 0 aliphatic carbocycles. The molecule has 0 spiro atoms. The van der Waals surface area contributed by atoms with Crippen LogP contribution >= 0.6 is 0 Å². The Hall–Kier alpha value is -5.61. The molecule has 4 heteroatoms. The minimum atomic E-state index is 0.621. The zero-order chi connectivity index (χ0) is 27.4. The minimum absolute atomic E-state index is 0.621. The van der Waals surface area contributed by atoms with Crippen LogP contribution in [-0.2, 0) is 0 Å². The van der Waals surface area contributed by atoms with Crippen molar-refractivity contribution in [2.24, 2.45) is 0 Å². The second-order valence-corrected chi connectivity index (χ2v) is 9.73. The summed E-state index contributed by atoms with van der Waals surface area (Å²) < 4.78 is 6.00. The molecule has 7 rings (SSSR count). The van der Waals surface area contributed by atoms with E-state index < -0.39 is 0 Å². The molecule has 41 heavy (non-hydrogen) atoms. The van der Waals surface area contributed by atoms with E-state index in [0.29, 0.717) is 5.89 Å². The van der Waals surface area contributed by atoms with Crippen molar-refractivity contribution in [3.05, 3.63) is 164 Å². The third-order valence-corrected chi connectivity index (χ3v) is 7.08. The van der Waals surface area contributed by atoms with E-state index in [1.165, 1.54) is 0 Å². The van der Waals surface area contributed by atoms with Crippen molar-refractivity contribution in [2.75, 3.05) is 9.80 Å². The predicted molar refractivity (Wildman–Crippen MR) is 169 cm³/mol. The second-order valence-electron chi connectivity index (χ2n) is 9.73. The number of benzene rings is 6. The summed E-state index contributed by atoms with van der Waals surface area (Å²) in [7, 11) is 0. The number of aromatic nitrogens is 1. The van der Waals surface area contributed by atoms with Gasteiger partial charge in [-0.1, -0.05) is 66.7 Å². The number of hydrogen-bond acceptors (Lipinski definition) is 4. The Morgan fingerprint density at radius 3 is 1.17 bits per heavy atom. The van der Waals surface area contributed by atoms with Crippen LogP contribution in [0.2, 0.25) is 0 Å². The highest BCUT2D eigenvalue weighted by Gasteiger charge is 2.16. The Morgan fingerprint density at radius 1 is 0.366 bits per heavy atom. The first kappa shape index (κ1) is 24.4. The van der Waals surface area contributed by atoms with Crippen LogP contribution in [0.1, 0.15) is 0 Å². The normalized spacial score (nSPS) is 10.9. The van der Waals surface area contributed by atoms with E-state index >= 15 is 0 Å². The van der Waals surface area contributed by atoms with Crippen LogP contribution in [0.3, 0.4) is 0 Å². The van der Waals surface area contributed by atoms with Gasteiger partial charge in [0.1, 0.15) is 5.52 Å². The summed E-state index contributed by atoms with van der Waals surface area (Å²) in [5, 5.41) is 0. The fourth-order valence-electron chi connectivity index (χ4n) is 5.13. The fraction of sp³-hybridized carbons (Fsp3) is 0. The third-order valence-electron chi connectivity index (χ3n) is 7.08. The SMILES string of the molecule is c1ccc(N(c2ccccc2)c2ccc(N(c3ccccc3)c3ccc(-c4nc5ccccc5o4)cc3)cc2)cc1. The molecule has 0 radical (unpaired) electrons. The van der Waals surface area contributed by atoms with Crippen molar-refractivity contribution >= 4 is 45.2 Å². The molecule has 196 valence electrons. The van der Waals surface area contributed by atoms with Gasteiger partial charge < -0.3 is 14.2 Å². The van der Waals surface area contributed by atoms with Gasteiger partial charge in [0.2, 0.25) is 5.89 Å².